The summed E-state index contributed by atoms with van der Waals surface area (Å²) in [6.07, 6.45) is 9.50. The summed E-state index contributed by atoms with van der Waals surface area (Å²) in [7, 11) is 2.05. The molecule has 4 heteroatoms. The van der Waals surface area contributed by atoms with Gasteiger partial charge in [-0.3, -0.25) is 4.68 Å². The van der Waals surface area contributed by atoms with Gasteiger partial charge < -0.3 is 4.57 Å². The van der Waals surface area contributed by atoms with E-state index in [1.54, 1.807) is 0 Å². The van der Waals surface area contributed by atoms with Crippen LogP contribution in [0.2, 0.25) is 0 Å². The van der Waals surface area contributed by atoms with E-state index in [0.717, 1.165) is 12.8 Å². The Morgan fingerprint density at radius 2 is 2.09 bits per heavy atom. The van der Waals surface area contributed by atoms with Gasteiger partial charge in [0.15, 0.2) is 0 Å². The van der Waals surface area contributed by atoms with Crippen molar-refractivity contribution in [1.29, 1.82) is 0 Å². The molecule has 0 bridgehead atoms. The van der Waals surface area contributed by atoms with E-state index in [1.165, 1.54) is 34.5 Å². The molecule has 1 aliphatic carbocycles. The number of hydrogen-bond acceptors (Lipinski definition) is 2. The van der Waals surface area contributed by atoms with Gasteiger partial charge in [-0.15, -0.1) is 0 Å². The average molecular weight is 290 g/mol. The SMILES string of the molecule is Cn1ncc2c1CCC(C1c3ccccc3-c3cncn31)C2. The van der Waals surface area contributed by atoms with Crippen molar-refractivity contribution in [3.05, 3.63) is 59.8 Å². The van der Waals surface area contributed by atoms with Gasteiger partial charge in [0, 0.05) is 18.3 Å². The molecule has 22 heavy (non-hydrogen) atoms. The molecule has 5 rings (SSSR count). The zero-order valence-corrected chi connectivity index (χ0v) is 12.6. The van der Waals surface area contributed by atoms with Crippen LogP contribution in [0.5, 0.6) is 0 Å². The molecule has 1 aromatic carbocycles. The maximum atomic E-state index is 4.44. The second-order valence-electron chi connectivity index (χ2n) is 6.46. The lowest BCUT2D eigenvalue weighted by molar-refractivity contribution is 0.344. The van der Waals surface area contributed by atoms with E-state index in [1.807, 2.05) is 17.2 Å². The van der Waals surface area contributed by atoms with Gasteiger partial charge in [-0.25, -0.2) is 4.98 Å². The van der Waals surface area contributed by atoms with Crippen molar-refractivity contribution in [2.45, 2.75) is 25.3 Å². The molecule has 0 N–H and O–H groups in total. The highest BCUT2D eigenvalue weighted by Crippen LogP contribution is 2.46. The molecule has 2 atom stereocenters. The Balaban J connectivity index is 1.59. The summed E-state index contributed by atoms with van der Waals surface area (Å²) in [5.41, 5.74) is 6.90. The molecule has 4 nitrogen and oxygen atoms in total. The third kappa shape index (κ3) is 1.52. The number of imidazole rings is 1. The number of hydrogen-bond donors (Lipinski definition) is 0. The first-order valence-electron chi connectivity index (χ1n) is 7.94. The zero-order valence-electron chi connectivity index (χ0n) is 12.6. The second kappa shape index (κ2) is 4.32. The summed E-state index contributed by atoms with van der Waals surface area (Å²) in [6, 6.07) is 9.21. The van der Waals surface area contributed by atoms with E-state index < -0.39 is 0 Å². The fraction of sp³-hybridized carbons (Fsp3) is 0.333. The molecule has 0 radical (unpaired) electrons. The van der Waals surface area contributed by atoms with Crippen LogP contribution in [0.15, 0.2) is 43.0 Å². The lowest BCUT2D eigenvalue weighted by Crippen LogP contribution is -2.24. The molecule has 0 saturated heterocycles. The molecule has 0 amide bonds. The van der Waals surface area contributed by atoms with Crippen molar-refractivity contribution in [2.24, 2.45) is 13.0 Å². The van der Waals surface area contributed by atoms with Gasteiger partial charge in [0.05, 0.1) is 30.5 Å². The fourth-order valence-electron chi connectivity index (χ4n) is 4.33. The van der Waals surface area contributed by atoms with Crippen LogP contribution < -0.4 is 0 Å². The minimum absolute atomic E-state index is 0.419. The summed E-state index contributed by atoms with van der Waals surface area (Å²) in [5, 5.41) is 4.44. The predicted molar refractivity (Wildman–Crippen MR) is 84.5 cm³/mol. The van der Waals surface area contributed by atoms with Crippen LogP contribution in [0.25, 0.3) is 11.3 Å². The van der Waals surface area contributed by atoms with E-state index in [-0.39, 0.29) is 0 Å². The van der Waals surface area contributed by atoms with Gasteiger partial charge >= 0.3 is 0 Å². The first-order chi connectivity index (χ1) is 10.8. The monoisotopic (exact) mass is 290 g/mol. The van der Waals surface area contributed by atoms with Crippen molar-refractivity contribution in [2.75, 3.05) is 0 Å². The third-order valence-electron chi connectivity index (χ3n) is 5.35. The number of benzene rings is 1. The first kappa shape index (κ1) is 12.2. The molecule has 110 valence electrons. The first-order valence-corrected chi connectivity index (χ1v) is 7.94. The van der Waals surface area contributed by atoms with Crippen LogP contribution in [0.1, 0.15) is 29.3 Å². The van der Waals surface area contributed by atoms with E-state index in [4.69, 9.17) is 0 Å². The van der Waals surface area contributed by atoms with Gasteiger partial charge in [-0.2, -0.15) is 5.10 Å². The number of nitrogens with zero attached hydrogens (tertiary/aromatic N) is 4. The zero-order chi connectivity index (χ0) is 14.7. The maximum absolute atomic E-state index is 4.44. The second-order valence-corrected chi connectivity index (χ2v) is 6.46. The van der Waals surface area contributed by atoms with Crippen molar-refractivity contribution in [3.63, 3.8) is 0 Å². The van der Waals surface area contributed by atoms with Crippen LogP contribution in [0.3, 0.4) is 0 Å². The summed E-state index contributed by atoms with van der Waals surface area (Å²) < 4.78 is 4.41. The van der Waals surface area contributed by atoms with Crippen LogP contribution in [-0.4, -0.2) is 19.3 Å². The van der Waals surface area contributed by atoms with Crippen LogP contribution >= 0.6 is 0 Å². The Kier molecular flexibility index (Phi) is 2.40. The van der Waals surface area contributed by atoms with Crippen molar-refractivity contribution >= 4 is 0 Å². The quantitative estimate of drug-likeness (QED) is 0.690. The molecule has 3 heterocycles. The predicted octanol–water partition coefficient (Wildman–Crippen LogP) is 2.99. The molecule has 2 unspecified atom stereocenters. The molecule has 2 aromatic heterocycles. The summed E-state index contributed by atoms with van der Waals surface area (Å²) in [6.45, 7) is 0. The minimum atomic E-state index is 0.419. The van der Waals surface area contributed by atoms with Gasteiger partial charge in [0.1, 0.15) is 0 Å². The Labute approximate surface area is 129 Å². The number of fused-ring (bicyclic) bond motifs is 4. The smallest absolute Gasteiger partial charge is 0.0956 e. The number of aryl methyl sites for hydroxylation is 1. The topological polar surface area (TPSA) is 35.6 Å². The third-order valence-corrected chi connectivity index (χ3v) is 5.35. The highest BCUT2D eigenvalue weighted by Gasteiger charge is 2.36. The fourth-order valence-corrected chi connectivity index (χ4v) is 4.33. The Hall–Kier alpha value is -2.36. The van der Waals surface area contributed by atoms with Crippen molar-refractivity contribution in [3.8, 4) is 11.3 Å². The molecule has 3 aromatic rings. The van der Waals surface area contributed by atoms with E-state index in [9.17, 15) is 0 Å². The Morgan fingerprint density at radius 1 is 1.18 bits per heavy atom. The van der Waals surface area contributed by atoms with Crippen molar-refractivity contribution in [1.82, 2.24) is 19.3 Å². The molecular weight excluding hydrogens is 272 g/mol. The van der Waals surface area contributed by atoms with E-state index in [2.05, 4.69) is 52.2 Å². The Morgan fingerprint density at radius 3 is 3.05 bits per heavy atom. The molecular formula is C18H18N4. The van der Waals surface area contributed by atoms with Gasteiger partial charge in [-0.05, 0) is 36.3 Å². The Bertz CT molecular complexity index is 858. The lowest BCUT2D eigenvalue weighted by atomic mass is 9.80. The largest absolute Gasteiger partial charge is 0.323 e. The normalized spacial score (nSPS) is 22.2. The van der Waals surface area contributed by atoms with E-state index in [0.29, 0.717) is 12.0 Å². The van der Waals surface area contributed by atoms with Gasteiger partial charge in [-0.1, -0.05) is 24.3 Å². The van der Waals surface area contributed by atoms with E-state index >= 15 is 0 Å². The van der Waals surface area contributed by atoms with Crippen LogP contribution in [-0.2, 0) is 19.9 Å². The highest BCUT2D eigenvalue weighted by atomic mass is 15.3. The molecule has 1 aliphatic heterocycles. The summed E-state index contributed by atoms with van der Waals surface area (Å²) in [4.78, 5) is 4.38. The summed E-state index contributed by atoms with van der Waals surface area (Å²) >= 11 is 0. The van der Waals surface area contributed by atoms with Gasteiger partial charge in [0.25, 0.3) is 0 Å². The molecule has 2 aliphatic rings. The highest BCUT2D eigenvalue weighted by molar-refractivity contribution is 5.69. The number of rotatable bonds is 1. The number of aromatic nitrogens is 4. The molecule has 0 spiro atoms. The average Bonchev–Trinajstić information content (AvgIpc) is 3.22. The van der Waals surface area contributed by atoms with Crippen LogP contribution in [0.4, 0.5) is 0 Å². The molecule has 0 saturated carbocycles. The lowest BCUT2D eigenvalue weighted by Gasteiger charge is -2.29. The minimum Gasteiger partial charge on any atom is -0.323 e. The van der Waals surface area contributed by atoms with Crippen molar-refractivity contribution < 1.29 is 0 Å². The van der Waals surface area contributed by atoms with Gasteiger partial charge in [0.2, 0.25) is 0 Å². The standard InChI is InChI=1S/C18H18N4/c1-21-16-7-6-12(8-13(16)9-20-21)18-15-5-3-2-4-14(15)17-10-19-11-22(17)18/h2-5,9-12,18H,6-8H2,1H3. The molecule has 0 fully saturated rings. The maximum Gasteiger partial charge on any atom is 0.0956 e. The summed E-state index contributed by atoms with van der Waals surface area (Å²) in [5.74, 6) is 0.619. The van der Waals surface area contributed by atoms with Crippen LogP contribution in [0, 0.1) is 5.92 Å².